The Morgan fingerprint density at radius 2 is 1.64 bits per heavy atom. The molecule has 0 atom stereocenters. The Kier molecular flexibility index (Phi) is 6.25. The third kappa shape index (κ3) is 4.45. The van der Waals surface area contributed by atoms with Crippen LogP contribution in [0.4, 0.5) is 11.4 Å². The zero-order valence-electron chi connectivity index (χ0n) is 19.7. The summed E-state index contributed by atoms with van der Waals surface area (Å²) in [6.45, 7) is 1.89. The number of esters is 1. The fourth-order valence-corrected chi connectivity index (χ4v) is 4.52. The van der Waals surface area contributed by atoms with Crippen molar-refractivity contribution < 1.29 is 28.7 Å². The molecule has 0 saturated carbocycles. The maximum atomic E-state index is 13.0. The monoisotopic (exact) mass is 484 g/mol. The van der Waals surface area contributed by atoms with Crippen LogP contribution in [0.5, 0.6) is 5.75 Å². The van der Waals surface area contributed by atoms with Crippen molar-refractivity contribution in [2.24, 2.45) is 0 Å². The van der Waals surface area contributed by atoms with E-state index in [1.54, 1.807) is 24.3 Å². The average Bonchev–Trinajstić information content (AvgIpc) is 3.45. The highest BCUT2D eigenvalue weighted by Gasteiger charge is 2.37. The smallest absolute Gasteiger partial charge is 0.338 e. The summed E-state index contributed by atoms with van der Waals surface area (Å²) in [5.41, 5.74) is 3.95. The van der Waals surface area contributed by atoms with Gasteiger partial charge < -0.3 is 14.8 Å². The van der Waals surface area contributed by atoms with Crippen molar-refractivity contribution in [3.63, 3.8) is 0 Å². The molecule has 1 N–H and O–H groups in total. The second kappa shape index (κ2) is 9.65. The van der Waals surface area contributed by atoms with E-state index in [-0.39, 0.29) is 16.7 Å². The lowest BCUT2D eigenvalue weighted by Crippen LogP contribution is -2.29. The summed E-state index contributed by atoms with van der Waals surface area (Å²) in [5, 5.41) is 2.74. The van der Waals surface area contributed by atoms with Crippen molar-refractivity contribution >= 4 is 35.1 Å². The first kappa shape index (κ1) is 23.3. The lowest BCUT2D eigenvalue weighted by molar-refractivity contribution is -0.119. The third-order valence-corrected chi connectivity index (χ3v) is 6.24. The molecule has 3 amide bonds. The van der Waals surface area contributed by atoms with Crippen LogP contribution in [0.1, 0.15) is 55.5 Å². The number of aryl methyl sites for hydroxylation is 2. The van der Waals surface area contributed by atoms with E-state index in [2.05, 4.69) is 5.32 Å². The van der Waals surface area contributed by atoms with Crippen LogP contribution < -0.4 is 15.0 Å². The molecule has 8 nitrogen and oxygen atoms in total. The molecule has 36 heavy (non-hydrogen) atoms. The number of carbonyl (C=O) groups is 4. The number of ether oxygens (including phenoxy) is 2. The zero-order chi connectivity index (χ0) is 25.2. The largest absolute Gasteiger partial charge is 0.494 e. The molecule has 5 rings (SSSR count). The Morgan fingerprint density at radius 1 is 0.889 bits per heavy atom. The second-order valence-corrected chi connectivity index (χ2v) is 8.59. The van der Waals surface area contributed by atoms with E-state index in [0.717, 1.165) is 24.2 Å². The number of anilines is 2. The highest BCUT2D eigenvalue weighted by Crippen LogP contribution is 2.30. The van der Waals surface area contributed by atoms with Gasteiger partial charge in [-0.1, -0.05) is 6.07 Å². The van der Waals surface area contributed by atoms with Crippen LogP contribution in [0.25, 0.3) is 0 Å². The number of hydrogen-bond donors (Lipinski definition) is 1. The van der Waals surface area contributed by atoms with E-state index >= 15 is 0 Å². The SMILES string of the molecule is CCOc1ccc(N2C(=O)c3ccc(C(=O)OCC(=O)Nc4ccc5c(c4)CCC5)cc3C2=O)cc1. The van der Waals surface area contributed by atoms with Gasteiger partial charge in [0.2, 0.25) is 0 Å². The molecule has 3 aromatic rings. The molecule has 182 valence electrons. The van der Waals surface area contributed by atoms with Crippen LogP contribution in [0.15, 0.2) is 60.7 Å². The minimum absolute atomic E-state index is 0.0776. The molecular formula is C28H24N2O6. The Hall–Kier alpha value is -4.46. The molecule has 1 heterocycles. The van der Waals surface area contributed by atoms with E-state index < -0.39 is 30.3 Å². The van der Waals surface area contributed by atoms with Crippen molar-refractivity contribution in [1.82, 2.24) is 0 Å². The first-order valence-electron chi connectivity index (χ1n) is 11.8. The van der Waals surface area contributed by atoms with Crippen molar-refractivity contribution in [2.75, 3.05) is 23.4 Å². The molecule has 3 aromatic carbocycles. The summed E-state index contributed by atoms with van der Waals surface area (Å²) in [7, 11) is 0. The lowest BCUT2D eigenvalue weighted by atomic mass is 10.1. The minimum atomic E-state index is -0.762. The molecule has 0 bridgehead atoms. The highest BCUT2D eigenvalue weighted by atomic mass is 16.5. The Balaban J connectivity index is 1.23. The van der Waals surface area contributed by atoms with Gasteiger partial charge in [-0.3, -0.25) is 14.4 Å². The van der Waals surface area contributed by atoms with Crippen LogP contribution in [-0.4, -0.2) is 36.9 Å². The van der Waals surface area contributed by atoms with E-state index in [1.807, 2.05) is 25.1 Å². The van der Waals surface area contributed by atoms with Gasteiger partial charge in [0.05, 0.1) is 29.0 Å². The quantitative estimate of drug-likeness (QED) is 0.399. The van der Waals surface area contributed by atoms with E-state index in [9.17, 15) is 19.2 Å². The van der Waals surface area contributed by atoms with Gasteiger partial charge in [0, 0.05) is 5.69 Å². The van der Waals surface area contributed by atoms with Gasteiger partial charge in [-0.2, -0.15) is 0 Å². The van der Waals surface area contributed by atoms with Crippen molar-refractivity contribution in [3.05, 3.63) is 88.5 Å². The Labute approximate surface area is 207 Å². The summed E-state index contributed by atoms with van der Waals surface area (Å²) in [4.78, 5) is 51.8. The Bertz CT molecular complexity index is 1380. The number of rotatable bonds is 7. The predicted molar refractivity (Wildman–Crippen MR) is 133 cm³/mol. The van der Waals surface area contributed by atoms with Crippen LogP contribution >= 0.6 is 0 Å². The molecule has 0 radical (unpaired) electrons. The standard InChI is InChI=1S/C28H24N2O6/c1-2-35-22-11-9-21(10-12-22)30-26(32)23-13-7-19(15-24(23)27(30)33)28(34)36-16-25(31)29-20-8-6-17-4-3-5-18(17)14-20/h6-15H,2-5,16H2,1H3,(H,29,31). The van der Waals surface area contributed by atoms with Gasteiger partial charge in [0.25, 0.3) is 17.7 Å². The molecule has 0 saturated heterocycles. The van der Waals surface area contributed by atoms with Crippen LogP contribution in [0, 0.1) is 0 Å². The zero-order valence-corrected chi connectivity index (χ0v) is 19.7. The van der Waals surface area contributed by atoms with E-state index in [0.29, 0.717) is 23.7 Å². The summed E-state index contributed by atoms with van der Waals surface area (Å²) in [6, 6.07) is 16.6. The van der Waals surface area contributed by atoms with Crippen LogP contribution in [0.2, 0.25) is 0 Å². The average molecular weight is 485 g/mol. The molecule has 0 fully saturated rings. The molecule has 0 unspecified atom stereocenters. The topological polar surface area (TPSA) is 102 Å². The second-order valence-electron chi connectivity index (χ2n) is 8.59. The van der Waals surface area contributed by atoms with Crippen LogP contribution in [-0.2, 0) is 22.4 Å². The molecule has 1 aliphatic heterocycles. The van der Waals surface area contributed by atoms with Gasteiger partial charge in [0.1, 0.15) is 5.75 Å². The summed E-state index contributed by atoms with van der Waals surface area (Å²) >= 11 is 0. The minimum Gasteiger partial charge on any atom is -0.494 e. The highest BCUT2D eigenvalue weighted by molar-refractivity contribution is 6.34. The molecule has 0 spiro atoms. The van der Waals surface area contributed by atoms with Crippen molar-refractivity contribution in [2.45, 2.75) is 26.2 Å². The fourth-order valence-electron chi connectivity index (χ4n) is 4.52. The number of amides is 3. The first-order valence-corrected chi connectivity index (χ1v) is 11.8. The molecule has 2 aliphatic rings. The van der Waals surface area contributed by atoms with E-state index in [1.165, 1.54) is 29.3 Å². The van der Waals surface area contributed by atoms with Gasteiger partial charge in [-0.05, 0) is 91.9 Å². The Morgan fingerprint density at radius 3 is 2.42 bits per heavy atom. The maximum Gasteiger partial charge on any atom is 0.338 e. The number of hydrogen-bond acceptors (Lipinski definition) is 6. The molecule has 8 heteroatoms. The van der Waals surface area contributed by atoms with Gasteiger partial charge in [0.15, 0.2) is 6.61 Å². The van der Waals surface area contributed by atoms with Crippen LogP contribution in [0.3, 0.4) is 0 Å². The van der Waals surface area contributed by atoms with Crippen molar-refractivity contribution in [3.8, 4) is 5.75 Å². The summed E-state index contributed by atoms with van der Waals surface area (Å²) in [6.07, 6.45) is 3.15. The van der Waals surface area contributed by atoms with E-state index in [4.69, 9.17) is 9.47 Å². The maximum absolute atomic E-state index is 13.0. The molecule has 1 aliphatic carbocycles. The number of nitrogens with zero attached hydrogens (tertiary/aromatic N) is 1. The van der Waals surface area contributed by atoms with Crippen molar-refractivity contribution in [1.29, 1.82) is 0 Å². The first-order chi connectivity index (χ1) is 17.4. The fraction of sp³-hybridized carbons (Fsp3) is 0.214. The number of imide groups is 1. The number of carbonyl (C=O) groups excluding carboxylic acids is 4. The molecule has 0 aromatic heterocycles. The van der Waals surface area contributed by atoms with Gasteiger partial charge >= 0.3 is 5.97 Å². The van der Waals surface area contributed by atoms with Gasteiger partial charge in [-0.25, -0.2) is 9.69 Å². The summed E-state index contributed by atoms with van der Waals surface area (Å²) in [5.74, 6) is -1.61. The lowest BCUT2D eigenvalue weighted by Gasteiger charge is -2.14. The number of benzene rings is 3. The number of nitrogens with one attached hydrogen (secondary N) is 1. The number of fused-ring (bicyclic) bond motifs is 2. The molecular weight excluding hydrogens is 460 g/mol. The summed E-state index contributed by atoms with van der Waals surface area (Å²) < 4.78 is 10.6. The third-order valence-electron chi connectivity index (χ3n) is 6.24. The predicted octanol–water partition coefficient (Wildman–Crippen LogP) is 4.17. The normalized spacial score (nSPS) is 13.9. The van der Waals surface area contributed by atoms with Gasteiger partial charge in [-0.15, -0.1) is 0 Å².